The van der Waals surface area contributed by atoms with Crippen LogP contribution in [-0.2, 0) is 16.6 Å². The van der Waals surface area contributed by atoms with Crippen LogP contribution in [0.4, 0.5) is 5.69 Å². The van der Waals surface area contributed by atoms with Gasteiger partial charge in [0, 0.05) is 15.6 Å². The summed E-state index contributed by atoms with van der Waals surface area (Å²) < 4.78 is 33.9. The van der Waals surface area contributed by atoms with E-state index in [2.05, 4.69) is 15.2 Å². The highest BCUT2D eigenvalue weighted by atomic mass is 35.5. The molecule has 0 aliphatic rings. The molecule has 2 N–H and O–H groups in total. The largest absolute Gasteiger partial charge is 0.488 e. The van der Waals surface area contributed by atoms with Crippen molar-refractivity contribution in [1.29, 1.82) is 0 Å². The monoisotopic (exact) mass is 553 g/mol. The minimum absolute atomic E-state index is 0.0142. The van der Waals surface area contributed by atoms with Gasteiger partial charge in [0.25, 0.3) is 15.9 Å². The molecule has 0 saturated carbocycles. The maximum absolute atomic E-state index is 12.8. The summed E-state index contributed by atoms with van der Waals surface area (Å²) in [5, 5.41) is 5.09. The van der Waals surface area contributed by atoms with Crippen LogP contribution in [0, 0.1) is 0 Å². The van der Waals surface area contributed by atoms with E-state index in [1.54, 1.807) is 36.4 Å². The average molecular weight is 554 g/mol. The number of rotatable bonds is 9. The molecule has 188 valence electrons. The number of nitrogens with one attached hydrogen (secondary N) is 2. The SMILES string of the molecule is O=C(N/N=C/c1ccccc1OCc1ccc(Cl)cc1)c1ccccc1NS(=O)(=O)c1ccc(Cl)cc1. The minimum Gasteiger partial charge on any atom is -0.488 e. The fourth-order valence-electron chi connectivity index (χ4n) is 3.27. The van der Waals surface area contributed by atoms with Crippen molar-refractivity contribution < 1.29 is 17.9 Å². The number of halogens is 2. The zero-order valence-electron chi connectivity index (χ0n) is 19.3. The summed E-state index contributed by atoms with van der Waals surface area (Å²) in [6.07, 6.45) is 1.45. The molecule has 0 atom stereocenters. The van der Waals surface area contributed by atoms with Crippen LogP contribution >= 0.6 is 23.2 Å². The van der Waals surface area contributed by atoms with Crippen LogP contribution in [0.2, 0.25) is 10.0 Å². The first-order valence-corrected chi connectivity index (χ1v) is 13.2. The van der Waals surface area contributed by atoms with Crippen LogP contribution in [0.1, 0.15) is 21.5 Å². The third kappa shape index (κ3) is 7.10. The fourth-order valence-corrected chi connectivity index (χ4v) is 4.60. The van der Waals surface area contributed by atoms with E-state index >= 15 is 0 Å². The lowest BCUT2D eigenvalue weighted by atomic mass is 10.2. The highest BCUT2D eigenvalue weighted by Crippen LogP contribution is 2.22. The van der Waals surface area contributed by atoms with E-state index in [1.807, 2.05) is 24.3 Å². The molecule has 7 nitrogen and oxygen atoms in total. The van der Waals surface area contributed by atoms with Crippen LogP contribution in [0.25, 0.3) is 0 Å². The molecule has 0 aromatic heterocycles. The summed E-state index contributed by atoms with van der Waals surface area (Å²) in [5.41, 5.74) is 4.24. The van der Waals surface area contributed by atoms with Gasteiger partial charge in [-0.2, -0.15) is 5.10 Å². The number of anilines is 1. The molecule has 0 aliphatic carbocycles. The van der Waals surface area contributed by atoms with E-state index in [-0.39, 0.29) is 16.1 Å². The Morgan fingerprint density at radius 2 is 1.46 bits per heavy atom. The van der Waals surface area contributed by atoms with E-state index in [1.165, 1.54) is 42.6 Å². The standard InChI is InChI=1S/C27H21Cl2N3O4S/c28-21-11-9-19(10-12-21)18-36-26-8-4-1-5-20(26)17-30-31-27(33)24-6-2-3-7-25(24)32-37(34,35)23-15-13-22(29)14-16-23/h1-17,32H,18H2,(H,31,33)/b30-17+. The number of carbonyl (C=O) groups is 1. The molecule has 4 aromatic rings. The second kappa shape index (κ2) is 11.9. The van der Waals surface area contributed by atoms with Crippen molar-refractivity contribution in [2.24, 2.45) is 5.10 Å². The number of hydrogen-bond donors (Lipinski definition) is 2. The molecule has 10 heteroatoms. The van der Waals surface area contributed by atoms with Gasteiger partial charge in [-0.1, -0.05) is 59.6 Å². The van der Waals surface area contributed by atoms with Crippen molar-refractivity contribution in [3.05, 3.63) is 124 Å². The molecule has 37 heavy (non-hydrogen) atoms. The second-order valence-corrected chi connectivity index (χ2v) is 10.3. The molecule has 0 aliphatic heterocycles. The van der Waals surface area contributed by atoms with Crippen molar-refractivity contribution in [1.82, 2.24) is 5.43 Å². The number of benzene rings is 4. The Hall–Kier alpha value is -3.85. The highest BCUT2D eigenvalue weighted by Gasteiger charge is 2.18. The molecule has 4 aromatic carbocycles. The molecular formula is C27H21Cl2N3O4S. The smallest absolute Gasteiger partial charge is 0.273 e. The van der Waals surface area contributed by atoms with Gasteiger partial charge in [0.2, 0.25) is 0 Å². The van der Waals surface area contributed by atoms with Gasteiger partial charge >= 0.3 is 0 Å². The fraction of sp³-hybridized carbons (Fsp3) is 0.0370. The van der Waals surface area contributed by atoms with Gasteiger partial charge in [-0.25, -0.2) is 13.8 Å². The normalized spacial score (nSPS) is 11.3. The van der Waals surface area contributed by atoms with Gasteiger partial charge in [-0.15, -0.1) is 0 Å². The van der Waals surface area contributed by atoms with Gasteiger partial charge in [0.1, 0.15) is 12.4 Å². The number of hydrazone groups is 1. The molecule has 0 unspecified atom stereocenters. The molecule has 0 spiro atoms. The molecule has 0 heterocycles. The van der Waals surface area contributed by atoms with Gasteiger partial charge in [-0.3, -0.25) is 9.52 Å². The second-order valence-electron chi connectivity index (χ2n) is 7.76. The van der Waals surface area contributed by atoms with Gasteiger partial charge < -0.3 is 4.74 Å². The topological polar surface area (TPSA) is 96.9 Å². The Balaban J connectivity index is 1.44. The summed E-state index contributed by atoms with van der Waals surface area (Å²) in [6, 6.07) is 26.5. The molecule has 1 amide bonds. The number of carbonyl (C=O) groups excluding carboxylic acids is 1. The van der Waals surface area contributed by atoms with E-state index in [0.29, 0.717) is 28.0 Å². The van der Waals surface area contributed by atoms with Crippen molar-refractivity contribution >= 4 is 51.0 Å². The maximum Gasteiger partial charge on any atom is 0.273 e. The molecular weight excluding hydrogens is 533 g/mol. The first kappa shape index (κ1) is 26.2. The lowest BCUT2D eigenvalue weighted by molar-refractivity contribution is 0.0956. The van der Waals surface area contributed by atoms with E-state index < -0.39 is 15.9 Å². The van der Waals surface area contributed by atoms with E-state index in [0.717, 1.165) is 5.56 Å². The summed E-state index contributed by atoms with van der Waals surface area (Å²) in [5.74, 6) is -0.0169. The lowest BCUT2D eigenvalue weighted by Gasteiger charge is -2.12. The van der Waals surface area contributed by atoms with Crippen molar-refractivity contribution in [2.45, 2.75) is 11.5 Å². The Bertz CT molecular complexity index is 1520. The zero-order valence-corrected chi connectivity index (χ0v) is 21.6. The van der Waals surface area contributed by atoms with Crippen LogP contribution in [0.5, 0.6) is 5.75 Å². The molecule has 4 rings (SSSR count). The number of para-hydroxylation sites is 2. The van der Waals surface area contributed by atoms with Crippen LogP contribution in [0.15, 0.2) is 107 Å². The number of hydrogen-bond acceptors (Lipinski definition) is 5. The molecule has 0 radical (unpaired) electrons. The van der Waals surface area contributed by atoms with Crippen LogP contribution < -0.4 is 14.9 Å². The average Bonchev–Trinajstić information content (AvgIpc) is 2.89. The summed E-state index contributed by atoms with van der Waals surface area (Å²) in [4.78, 5) is 12.8. The third-order valence-corrected chi connectivity index (χ3v) is 7.02. The Labute approximate surface area is 224 Å². The predicted octanol–water partition coefficient (Wildman–Crippen LogP) is 6.14. The minimum atomic E-state index is -3.94. The van der Waals surface area contributed by atoms with Crippen LogP contribution in [-0.4, -0.2) is 20.5 Å². The Morgan fingerprint density at radius 3 is 2.19 bits per heavy atom. The molecule has 0 fully saturated rings. The van der Waals surface area contributed by atoms with E-state index in [4.69, 9.17) is 27.9 Å². The Morgan fingerprint density at radius 1 is 0.838 bits per heavy atom. The number of nitrogens with zero attached hydrogens (tertiary/aromatic N) is 1. The van der Waals surface area contributed by atoms with Gasteiger partial charge in [0.15, 0.2) is 0 Å². The predicted molar refractivity (Wildman–Crippen MR) is 146 cm³/mol. The zero-order chi connectivity index (χ0) is 26.3. The van der Waals surface area contributed by atoms with Crippen LogP contribution in [0.3, 0.4) is 0 Å². The first-order chi connectivity index (χ1) is 17.8. The summed E-state index contributed by atoms with van der Waals surface area (Å²) >= 11 is 11.8. The summed E-state index contributed by atoms with van der Waals surface area (Å²) in [6.45, 7) is 0.329. The van der Waals surface area contributed by atoms with Crippen molar-refractivity contribution in [2.75, 3.05) is 4.72 Å². The van der Waals surface area contributed by atoms with Gasteiger partial charge in [0.05, 0.1) is 22.4 Å². The quantitative estimate of drug-likeness (QED) is 0.192. The summed E-state index contributed by atoms with van der Waals surface area (Å²) in [7, 11) is -3.94. The third-order valence-electron chi connectivity index (χ3n) is 5.14. The highest BCUT2D eigenvalue weighted by molar-refractivity contribution is 7.92. The maximum atomic E-state index is 12.8. The molecule has 0 bridgehead atoms. The van der Waals surface area contributed by atoms with E-state index in [9.17, 15) is 13.2 Å². The number of amides is 1. The molecule has 0 saturated heterocycles. The lowest BCUT2D eigenvalue weighted by Crippen LogP contribution is -2.21. The number of sulfonamides is 1. The van der Waals surface area contributed by atoms with Gasteiger partial charge in [-0.05, 0) is 66.2 Å². The van der Waals surface area contributed by atoms with Crippen molar-refractivity contribution in [3.63, 3.8) is 0 Å². The Kier molecular flexibility index (Phi) is 8.45. The first-order valence-electron chi connectivity index (χ1n) is 11.0. The van der Waals surface area contributed by atoms with Crippen molar-refractivity contribution in [3.8, 4) is 5.75 Å². The number of ether oxygens (including phenoxy) is 1.